The minimum Gasteiger partial charge on any atom is -0.218 e. The Labute approximate surface area is 116 Å². The predicted molar refractivity (Wildman–Crippen MR) is 68.9 cm³/mol. The number of halogens is 3. The second-order valence-corrected chi connectivity index (χ2v) is 9.09. The van der Waals surface area contributed by atoms with E-state index in [0.29, 0.717) is 4.47 Å². The largest absolute Gasteiger partial charge is 0.274 e. The van der Waals surface area contributed by atoms with Gasteiger partial charge in [-0.15, -0.1) is 0 Å². The average molecular weight is 378 g/mol. The van der Waals surface area contributed by atoms with Crippen LogP contribution in [0.5, 0.6) is 0 Å². The molecule has 0 aromatic heterocycles. The summed E-state index contributed by atoms with van der Waals surface area (Å²) in [4.78, 5) is -0.170. The first-order valence-electron chi connectivity index (χ1n) is 4.05. The van der Waals surface area contributed by atoms with E-state index in [2.05, 4.69) is 15.9 Å². The smallest absolute Gasteiger partial charge is 0.218 e. The Balaban J connectivity index is 2.92. The van der Waals surface area contributed by atoms with Crippen LogP contribution in [0.4, 0.5) is 0 Å². The molecule has 1 aliphatic rings. The van der Waals surface area contributed by atoms with Crippen molar-refractivity contribution in [3.8, 4) is 0 Å². The Morgan fingerprint density at radius 2 is 1.82 bits per heavy atom. The summed E-state index contributed by atoms with van der Waals surface area (Å²) in [6.45, 7) is 0. The fourth-order valence-electron chi connectivity index (χ4n) is 1.47. The van der Waals surface area contributed by atoms with Crippen molar-refractivity contribution in [2.75, 3.05) is 0 Å². The number of rotatable bonds is 1. The van der Waals surface area contributed by atoms with Crippen molar-refractivity contribution in [2.45, 2.75) is 4.90 Å². The summed E-state index contributed by atoms with van der Waals surface area (Å²) in [6.07, 6.45) is 0. The first-order chi connectivity index (χ1) is 7.65. The number of hydrogen-bond donors (Lipinski definition) is 0. The summed E-state index contributed by atoms with van der Waals surface area (Å²) < 4.78 is 46.0. The zero-order valence-corrected chi connectivity index (χ0v) is 12.5. The zero-order chi connectivity index (χ0) is 13.0. The van der Waals surface area contributed by atoms with Gasteiger partial charge in [0.25, 0.3) is 9.05 Å². The highest BCUT2D eigenvalue weighted by molar-refractivity contribution is 9.10. The highest BCUT2D eigenvalue weighted by Gasteiger charge is 2.42. The second-order valence-electron chi connectivity index (χ2n) is 3.18. The predicted octanol–water partition coefficient (Wildman–Crippen LogP) is 2.67. The average Bonchev–Trinajstić information content (AvgIpc) is 2.33. The maximum absolute atomic E-state index is 12.0. The lowest BCUT2D eigenvalue weighted by Crippen LogP contribution is -2.06. The van der Waals surface area contributed by atoms with Crippen molar-refractivity contribution in [1.29, 1.82) is 0 Å². The molecular weight excluding hydrogens is 375 g/mol. The fraction of sp³-hybridized carbons (Fsp3) is 0. The molecule has 0 fully saturated rings. The Morgan fingerprint density at radius 1 is 1.24 bits per heavy atom. The molecule has 0 unspecified atom stereocenters. The van der Waals surface area contributed by atoms with E-state index in [0.717, 1.165) is 0 Å². The van der Waals surface area contributed by atoms with Gasteiger partial charge in [0.15, 0.2) is 4.24 Å². The fourth-order valence-corrected chi connectivity index (χ4v) is 6.83. The van der Waals surface area contributed by atoms with Gasteiger partial charge >= 0.3 is 0 Å². The van der Waals surface area contributed by atoms with Crippen LogP contribution in [0, 0.1) is 0 Å². The van der Waals surface area contributed by atoms with Crippen molar-refractivity contribution in [3.05, 3.63) is 32.5 Å². The van der Waals surface area contributed by atoms with E-state index in [-0.39, 0.29) is 15.5 Å². The highest BCUT2D eigenvalue weighted by Crippen LogP contribution is 2.45. The quantitative estimate of drug-likeness (QED) is 0.705. The monoisotopic (exact) mass is 376 g/mol. The molecular formula is C8H3BrCl2O4S2. The van der Waals surface area contributed by atoms with Gasteiger partial charge in [-0.3, -0.25) is 0 Å². The molecule has 17 heavy (non-hydrogen) atoms. The maximum atomic E-state index is 12.0. The molecule has 0 saturated carbocycles. The molecule has 9 heteroatoms. The molecule has 92 valence electrons. The molecule has 0 radical (unpaired) electrons. The molecule has 0 atom stereocenters. The minimum absolute atomic E-state index is 0.133. The van der Waals surface area contributed by atoms with Gasteiger partial charge in [0, 0.05) is 20.7 Å². The molecule has 1 aromatic rings. The molecule has 1 heterocycles. The van der Waals surface area contributed by atoms with Crippen molar-refractivity contribution < 1.29 is 16.8 Å². The van der Waals surface area contributed by atoms with Gasteiger partial charge in [-0.05, 0) is 12.1 Å². The molecule has 0 bridgehead atoms. The summed E-state index contributed by atoms with van der Waals surface area (Å²) in [5.41, 5.74) is 0.133. The molecule has 2 rings (SSSR count). The third kappa shape index (κ3) is 2.04. The van der Waals surface area contributed by atoms with Crippen LogP contribution in [0.25, 0.3) is 5.03 Å². The second kappa shape index (κ2) is 3.96. The normalized spacial score (nSPS) is 18.3. The lowest BCUT2D eigenvalue weighted by molar-refractivity contribution is 0.601. The highest BCUT2D eigenvalue weighted by atomic mass is 79.9. The van der Waals surface area contributed by atoms with Gasteiger partial charge in [0.2, 0.25) is 9.84 Å². The van der Waals surface area contributed by atoms with E-state index >= 15 is 0 Å². The standard InChI is InChI=1S/C8H3BrCl2O4S2/c9-4-1-2-5-6(3-4)16(12,13)8(7(5)10)17(11,14)15/h1-3H. The van der Waals surface area contributed by atoms with Crippen LogP contribution in [0.3, 0.4) is 0 Å². The number of fused-ring (bicyclic) bond motifs is 1. The molecule has 0 amide bonds. The van der Waals surface area contributed by atoms with Crippen molar-refractivity contribution in [3.63, 3.8) is 0 Å². The van der Waals surface area contributed by atoms with Gasteiger partial charge in [0.05, 0.1) is 9.93 Å². The van der Waals surface area contributed by atoms with Gasteiger partial charge in [-0.1, -0.05) is 33.6 Å². The Morgan fingerprint density at radius 3 is 2.35 bits per heavy atom. The SMILES string of the molecule is O=S(=O)(Cl)C1=C(Cl)c2ccc(Br)cc2S1(=O)=O. The summed E-state index contributed by atoms with van der Waals surface area (Å²) >= 11 is 8.85. The molecule has 0 aliphatic carbocycles. The van der Waals surface area contributed by atoms with Crippen LogP contribution in [-0.4, -0.2) is 16.8 Å². The van der Waals surface area contributed by atoms with Crippen LogP contribution in [0.15, 0.2) is 31.8 Å². The van der Waals surface area contributed by atoms with Crippen molar-refractivity contribution in [1.82, 2.24) is 0 Å². The Hall–Kier alpha value is -0.0800. The van der Waals surface area contributed by atoms with E-state index < -0.39 is 23.1 Å². The van der Waals surface area contributed by atoms with Crippen LogP contribution < -0.4 is 0 Å². The molecule has 0 saturated heterocycles. The summed E-state index contributed by atoms with van der Waals surface area (Å²) in [7, 11) is -3.51. The van der Waals surface area contributed by atoms with Crippen LogP contribution in [0.2, 0.25) is 0 Å². The van der Waals surface area contributed by atoms with E-state index in [1.165, 1.54) is 12.1 Å². The van der Waals surface area contributed by atoms with Gasteiger partial charge < -0.3 is 0 Å². The lowest BCUT2D eigenvalue weighted by atomic mass is 10.2. The van der Waals surface area contributed by atoms with Crippen molar-refractivity contribution in [2.24, 2.45) is 0 Å². The Bertz CT molecular complexity index is 750. The maximum Gasteiger partial charge on any atom is 0.274 e. The topological polar surface area (TPSA) is 68.3 Å². The van der Waals surface area contributed by atoms with E-state index in [1.54, 1.807) is 6.07 Å². The van der Waals surface area contributed by atoms with Gasteiger partial charge in [0.1, 0.15) is 0 Å². The van der Waals surface area contributed by atoms with E-state index in [4.69, 9.17) is 22.3 Å². The lowest BCUT2D eigenvalue weighted by Gasteiger charge is -2.00. The molecule has 1 aromatic carbocycles. The summed E-state index contributed by atoms with van der Waals surface area (Å²) in [5.74, 6) is 0. The molecule has 0 N–H and O–H groups in total. The summed E-state index contributed by atoms with van der Waals surface area (Å²) in [6, 6.07) is 4.25. The Kier molecular flexibility index (Phi) is 3.11. The first kappa shape index (κ1) is 13.4. The van der Waals surface area contributed by atoms with Crippen LogP contribution in [0.1, 0.15) is 5.56 Å². The van der Waals surface area contributed by atoms with Crippen LogP contribution >= 0.6 is 38.2 Å². The van der Waals surface area contributed by atoms with E-state index in [9.17, 15) is 16.8 Å². The first-order valence-corrected chi connectivity index (χ1v) is 9.01. The molecule has 0 spiro atoms. The number of hydrogen-bond acceptors (Lipinski definition) is 4. The molecule has 1 aliphatic heterocycles. The minimum atomic E-state index is -4.42. The number of sulfone groups is 1. The van der Waals surface area contributed by atoms with Gasteiger partial charge in [-0.2, -0.15) is 0 Å². The van der Waals surface area contributed by atoms with Crippen LogP contribution in [-0.2, 0) is 18.9 Å². The third-order valence-electron chi connectivity index (χ3n) is 2.11. The van der Waals surface area contributed by atoms with Crippen molar-refractivity contribution >= 4 is 62.1 Å². The third-order valence-corrected chi connectivity index (χ3v) is 7.53. The number of benzene rings is 1. The molecule has 4 nitrogen and oxygen atoms in total. The summed E-state index contributed by atoms with van der Waals surface area (Å²) in [5, 5.41) is -0.373. The zero-order valence-electron chi connectivity index (χ0n) is 7.82. The van der Waals surface area contributed by atoms with Gasteiger partial charge in [-0.25, -0.2) is 16.8 Å². The van der Waals surface area contributed by atoms with E-state index in [1.807, 2.05) is 0 Å².